The van der Waals surface area contributed by atoms with Gasteiger partial charge >= 0.3 is 0 Å². The van der Waals surface area contributed by atoms with Gasteiger partial charge in [-0.25, -0.2) is 0 Å². The quantitative estimate of drug-likeness (QED) is 0.430. The molecule has 2 heterocycles. The minimum Gasteiger partial charge on any atom is -0.148 e. The molecule has 0 N–H and O–H groups in total. The standard InChI is InChI=1S/C10H10S2/c1-2-6-11(5-1)9-10-12-7-3-4-8-12/h1-8,11-12H. The van der Waals surface area contributed by atoms with Crippen molar-refractivity contribution in [3.8, 4) is 10.5 Å². The van der Waals surface area contributed by atoms with E-state index in [-0.39, 0.29) is 21.8 Å². The fraction of sp³-hybridized carbons (Fsp3) is 0. The Balaban J connectivity index is 2.00. The molecule has 0 amide bonds. The van der Waals surface area contributed by atoms with E-state index in [9.17, 15) is 0 Å². The summed E-state index contributed by atoms with van der Waals surface area (Å²) >= 11 is 0. The fourth-order valence-electron chi connectivity index (χ4n) is 0.934. The minimum absolute atomic E-state index is 0.235. The van der Waals surface area contributed by atoms with Crippen molar-refractivity contribution in [2.24, 2.45) is 0 Å². The van der Waals surface area contributed by atoms with E-state index in [2.05, 4.69) is 56.4 Å². The first kappa shape index (κ1) is 7.85. The lowest BCUT2D eigenvalue weighted by Gasteiger charge is -1.99. The van der Waals surface area contributed by atoms with Crippen LogP contribution in [0, 0.1) is 10.5 Å². The molecule has 2 heteroatoms. The van der Waals surface area contributed by atoms with E-state index in [0.717, 1.165) is 0 Å². The molecule has 2 rings (SSSR count). The van der Waals surface area contributed by atoms with Crippen molar-refractivity contribution in [1.29, 1.82) is 0 Å². The smallest absolute Gasteiger partial charge is 0.0349 e. The summed E-state index contributed by atoms with van der Waals surface area (Å²) in [5, 5.41) is 15.3. The Labute approximate surface area is 78.4 Å². The van der Waals surface area contributed by atoms with Crippen molar-refractivity contribution in [3.63, 3.8) is 0 Å². The van der Waals surface area contributed by atoms with Gasteiger partial charge in [-0.2, -0.15) is 0 Å². The van der Waals surface area contributed by atoms with Crippen molar-refractivity contribution in [2.45, 2.75) is 0 Å². The molecule has 0 bridgehead atoms. The highest BCUT2D eigenvalue weighted by Gasteiger charge is 1.94. The monoisotopic (exact) mass is 194 g/mol. The molecule has 0 aromatic rings. The maximum Gasteiger partial charge on any atom is -0.0349 e. The molecule has 0 spiro atoms. The van der Waals surface area contributed by atoms with Gasteiger partial charge in [0.25, 0.3) is 0 Å². The van der Waals surface area contributed by atoms with Crippen LogP contribution in [0.1, 0.15) is 0 Å². The number of allylic oxidation sites excluding steroid dienone is 4. The molecule has 12 heavy (non-hydrogen) atoms. The molecule has 0 atom stereocenters. The SMILES string of the molecule is C(#C[SH]1C=CC=C1)[SH]1C=CC=C1. The van der Waals surface area contributed by atoms with Crippen LogP contribution in [-0.4, -0.2) is 0 Å². The van der Waals surface area contributed by atoms with Crippen molar-refractivity contribution in [1.82, 2.24) is 0 Å². The average Bonchev–Trinajstić information content (AvgIpc) is 2.74. The van der Waals surface area contributed by atoms with E-state index in [0.29, 0.717) is 0 Å². The molecular weight excluding hydrogens is 184 g/mol. The molecule has 0 unspecified atom stereocenters. The lowest BCUT2D eigenvalue weighted by molar-refractivity contribution is 2.15. The third-order valence-corrected chi connectivity index (χ3v) is 4.41. The van der Waals surface area contributed by atoms with E-state index in [1.807, 2.05) is 0 Å². The Bertz CT molecular complexity index is 281. The molecule has 0 saturated carbocycles. The zero-order chi connectivity index (χ0) is 8.23. The van der Waals surface area contributed by atoms with Gasteiger partial charge in [0.15, 0.2) is 0 Å². The number of rotatable bonds is 0. The summed E-state index contributed by atoms with van der Waals surface area (Å²) in [5.74, 6) is 0. The van der Waals surface area contributed by atoms with Gasteiger partial charge in [0.05, 0.1) is 0 Å². The van der Waals surface area contributed by atoms with Crippen molar-refractivity contribution < 1.29 is 0 Å². The van der Waals surface area contributed by atoms with Gasteiger partial charge < -0.3 is 0 Å². The van der Waals surface area contributed by atoms with Crippen LogP contribution >= 0.6 is 21.8 Å². The third-order valence-electron chi connectivity index (χ3n) is 1.52. The predicted molar refractivity (Wildman–Crippen MR) is 62.3 cm³/mol. The highest BCUT2D eigenvalue weighted by Crippen LogP contribution is 2.35. The second-order valence-electron chi connectivity index (χ2n) is 2.40. The van der Waals surface area contributed by atoms with Gasteiger partial charge in [0.1, 0.15) is 0 Å². The zero-order valence-corrected chi connectivity index (χ0v) is 8.30. The van der Waals surface area contributed by atoms with Gasteiger partial charge in [-0.1, -0.05) is 24.3 Å². The molecule has 0 fully saturated rings. The Morgan fingerprint density at radius 2 is 0.917 bits per heavy atom. The molecule has 0 aromatic carbocycles. The highest BCUT2D eigenvalue weighted by atomic mass is 32.2. The Kier molecular flexibility index (Phi) is 2.45. The summed E-state index contributed by atoms with van der Waals surface area (Å²) in [7, 11) is -0.470. The molecule has 0 radical (unpaired) electrons. The van der Waals surface area contributed by atoms with Crippen LogP contribution in [0.5, 0.6) is 0 Å². The first-order valence-electron chi connectivity index (χ1n) is 3.73. The normalized spacial score (nSPS) is 23.3. The summed E-state index contributed by atoms with van der Waals surface area (Å²) in [6.07, 6.45) is 8.31. The predicted octanol–water partition coefficient (Wildman–Crippen LogP) is 2.99. The van der Waals surface area contributed by atoms with E-state index >= 15 is 0 Å². The van der Waals surface area contributed by atoms with Crippen LogP contribution in [0.3, 0.4) is 0 Å². The number of thiol groups is 2. The molecule has 0 aromatic heterocycles. The van der Waals surface area contributed by atoms with Crippen molar-refractivity contribution >= 4 is 21.8 Å². The maximum absolute atomic E-state index is 3.29. The molecule has 62 valence electrons. The topological polar surface area (TPSA) is 0 Å². The molecular formula is C10H10S2. The second-order valence-corrected chi connectivity index (χ2v) is 5.67. The number of hydrogen-bond acceptors (Lipinski definition) is 0. The van der Waals surface area contributed by atoms with Gasteiger partial charge in [-0.3, -0.25) is 0 Å². The largest absolute Gasteiger partial charge is 0.148 e. The van der Waals surface area contributed by atoms with E-state index in [4.69, 9.17) is 0 Å². The Hall–Kier alpha value is -0.780. The first-order chi connectivity index (χ1) is 5.95. The van der Waals surface area contributed by atoms with Crippen molar-refractivity contribution in [3.05, 3.63) is 45.9 Å². The lowest BCUT2D eigenvalue weighted by Crippen LogP contribution is -1.60. The molecule has 2 aliphatic rings. The van der Waals surface area contributed by atoms with E-state index in [1.54, 1.807) is 0 Å². The van der Waals surface area contributed by atoms with E-state index in [1.165, 1.54) is 0 Å². The average molecular weight is 194 g/mol. The Morgan fingerprint density at radius 3 is 1.25 bits per heavy atom. The molecule has 0 aliphatic carbocycles. The number of hydrogen-bond donors (Lipinski definition) is 2. The van der Waals surface area contributed by atoms with E-state index < -0.39 is 0 Å². The van der Waals surface area contributed by atoms with Crippen LogP contribution in [0.15, 0.2) is 45.9 Å². The summed E-state index contributed by atoms with van der Waals surface area (Å²) < 4.78 is 0. The highest BCUT2D eigenvalue weighted by molar-refractivity contribution is 8.29. The van der Waals surface area contributed by atoms with Gasteiger partial charge in [0, 0.05) is 0 Å². The maximum atomic E-state index is 3.29. The van der Waals surface area contributed by atoms with Gasteiger partial charge in [0.2, 0.25) is 0 Å². The first-order valence-corrected chi connectivity index (χ1v) is 6.69. The van der Waals surface area contributed by atoms with Crippen LogP contribution in [-0.2, 0) is 0 Å². The lowest BCUT2D eigenvalue weighted by atomic mass is 10.6. The molecule has 0 nitrogen and oxygen atoms in total. The summed E-state index contributed by atoms with van der Waals surface area (Å²) in [5.41, 5.74) is 0. The minimum atomic E-state index is -0.235. The second kappa shape index (κ2) is 3.75. The van der Waals surface area contributed by atoms with Gasteiger partial charge in [-0.05, 0) is 32.1 Å². The van der Waals surface area contributed by atoms with Crippen LogP contribution in [0.25, 0.3) is 0 Å². The summed E-state index contributed by atoms with van der Waals surface area (Å²) in [4.78, 5) is 0. The van der Waals surface area contributed by atoms with Gasteiger partial charge in [-0.15, -0.1) is 21.8 Å². The summed E-state index contributed by atoms with van der Waals surface area (Å²) in [6, 6.07) is 0. The van der Waals surface area contributed by atoms with Crippen LogP contribution < -0.4 is 0 Å². The summed E-state index contributed by atoms with van der Waals surface area (Å²) in [6.45, 7) is 0. The zero-order valence-electron chi connectivity index (χ0n) is 6.51. The fourth-order valence-corrected chi connectivity index (χ4v) is 3.49. The van der Waals surface area contributed by atoms with Crippen LogP contribution in [0.4, 0.5) is 0 Å². The molecule has 0 saturated heterocycles. The van der Waals surface area contributed by atoms with Crippen molar-refractivity contribution in [2.75, 3.05) is 0 Å². The third kappa shape index (κ3) is 1.88. The Morgan fingerprint density at radius 1 is 0.583 bits per heavy atom. The molecule has 2 aliphatic heterocycles. The van der Waals surface area contributed by atoms with Crippen LogP contribution in [0.2, 0.25) is 0 Å².